The Morgan fingerprint density at radius 3 is 3.14 bits per heavy atom. The number of aromatic nitrogens is 1. The minimum absolute atomic E-state index is 0.377. The molecule has 0 bridgehead atoms. The SMILES string of the molecule is COc1ccc2nc(CC#N)sc2c1. The Hall–Kier alpha value is -1.60. The quantitative estimate of drug-likeness (QED) is 0.754. The lowest BCUT2D eigenvalue weighted by molar-refractivity contribution is 0.415. The number of thiazole rings is 1. The third kappa shape index (κ3) is 1.54. The number of nitrogens with zero attached hydrogens (tertiary/aromatic N) is 2. The Kier molecular flexibility index (Phi) is 2.33. The third-order valence-corrected chi connectivity index (χ3v) is 2.89. The second kappa shape index (κ2) is 3.64. The molecule has 0 atom stereocenters. The van der Waals surface area contributed by atoms with Crippen LogP contribution in [0, 0.1) is 11.3 Å². The van der Waals surface area contributed by atoms with Crippen LogP contribution < -0.4 is 4.74 Å². The van der Waals surface area contributed by atoms with Crippen molar-refractivity contribution >= 4 is 21.6 Å². The van der Waals surface area contributed by atoms with Crippen molar-refractivity contribution < 1.29 is 4.74 Å². The Bertz CT molecular complexity index is 498. The van der Waals surface area contributed by atoms with Gasteiger partial charge in [-0.05, 0) is 18.2 Å². The average molecular weight is 204 g/mol. The molecule has 0 radical (unpaired) electrons. The van der Waals surface area contributed by atoms with Crippen LogP contribution in [0.25, 0.3) is 10.2 Å². The van der Waals surface area contributed by atoms with Crippen molar-refractivity contribution in [2.75, 3.05) is 7.11 Å². The van der Waals surface area contributed by atoms with E-state index in [0.717, 1.165) is 21.0 Å². The lowest BCUT2D eigenvalue weighted by Gasteiger charge is -1.96. The molecule has 0 aliphatic heterocycles. The number of methoxy groups -OCH3 is 1. The van der Waals surface area contributed by atoms with Crippen LogP contribution in [0.2, 0.25) is 0 Å². The summed E-state index contributed by atoms with van der Waals surface area (Å²) >= 11 is 1.54. The summed E-state index contributed by atoms with van der Waals surface area (Å²) in [4.78, 5) is 4.32. The van der Waals surface area contributed by atoms with Crippen LogP contribution in [0.4, 0.5) is 0 Å². The van der Waals surface area contributed by atoms with E-state index in [-0.39, 0.29) is 0 Å². The molecule has 2 rings (SSSR count). The highest BCUT2D eigenvalue weighted by molar-refractivity contribution is 7.18. The summed E-state index contributed by atoms with van der Waals surface area (Å²) in [6, 6.07) is 7.81. The molecule has 1 aromatic carbocycles. The molecule has 0 unspecified atom stereocenters. The van der Waals surface area contributed by atoms with E-state index in [9.17, 15) is 0 Å². The molecule has 0 aliphatic carbocycles. The molecule has 0 saturated heterocycles. The second-order valence-electron chi connectivity index (χ2n) is 2.78. The number of ether oxygens (including phenoxy) is 1. The van der Waals surface area contributed by atoms with Gasteiger partial charge in [0.25, 0.3) is 0 Å². The molecule has 0 amide bonds. The van der Waals surface area contributed by atoms with E-state index in [1.807, 2.05) is 18.2 Å². The maximum atomic E-state index is 8.54. The maximum Gasteiger partial charge on any atom is 0.120 e. The number of rotatable bonds is 2. The fraction of sp³-hybridized carbons (Fsp3) is 0.200. The van der Waals surface area contributed by atoms with Crippen molar-refractivity contribution in [3.63, 3.8) is 0 Å². The molecule has 70 valence electrons. The van der Waals surface area contributed by atoms with Crippen LogP contribution in [0.5, 0.6) is 5.75 Å². The molecule has 1 heterocycles. The zero-order valence-corrected chi connectivity index (χ0v) is 8.47. The van der Waals surface area contributed by atoms with E-state index in [2.05, 4.69) is 11.1 Å². The lowest BCUT2D eigenvalue weighted by Crippen LogP contribution is -1.80. The minimum Gasteiger partial charge on any atom is -0.497 e. The van der Waals surface area contributed by atoms with E-state index in [1.165, 1.54) is 11.3 Å². The fourth-order valence-corrected chi connectivity index (χ4v) is 2.15. The molecule has 0 spiro atoms. The molecule has 3 nitrogen and oxygen atoms in total. The van der Waals surface area contributed by atoms with Crippen LogP contribution in [0.3, 0.4) is 0 Å². The number of benzene rings is 1. The molecule has 1 aromatic heterocycles. The van der Waals surface area contributed by atoms with Gasteiger partial charge in [-0.1, -0.05) is 0 Å². The molecule has 2 aromatic rings. The molecule has 0 fully saturated rings. The predicted octanol–water partition coefficient (Wildman–Crippen LogP) is 2.37. The highest BCUT2D eigenvalue weighted by Gasteiger charge is 2.03. The van der Waals surface area contributed by atoms with Crippen molar-refractivity contribution in [3.05, 3.63) is 23.2 Å². The van der Waals surface area contributed by atoms with Gasteiger partial charge in [-0.15, -0.1) is 11.3 Å². The van der Waals surface area contributed by atoms with Gasteiger partial charge in [-0.3, -0.25) is 0 Å². The average Bonchev–Trinajstić information content (AvgIpc) is 2.59. The fourth-order valence-electron chi connectivity index (χ4n) is 1.22. The van der Waals surface area contributed by atoms with E-state index in [0.29, 0.717) is 6.42 Å². The zero-order chi connectivity index (χ0) is 9.97. The van der Waals surface area contributed by atoms with Crippen LogP contribution in [-0.2, 0) is 6.42 Å². The van der Waals surface area contributed by atoms with Gasteiger partial charge in [0, 0.05) is 0 Å². The van der Waals surface area contributed by atoms with Crippen molar-refractivity contribution in [2.24, 2.45) is 0 Å². The standard InChI is InChI=1S/C10H8N2OS/c1-13-7-2-3-8-9(6-7)14-10(12-8)4-5-11/h2-3,6H,4H2,1H3. The zero-order valence-electron chi connectivity index (χ0n) is 7.65. The molecule has 14 heavy (non-hydrogen) atoms. The summed E-state index contributed by atoms with van der Waals surface area (Å²) in [6.07, 6.45) is 0.377. The summed E-state index contributed by atoms with van der Waals surface area (Å²) in [5.41, 5.74) is 0.932. The van der Waals surface area contributed by atoms with Gasteiger partial charge in [-0.2, -0.15) is 5.26 Å². The number of nitriles is 1. The molecule has 0 N–H and O–H groups in total. The summed E-state index contributed by atoms with van der Waals surface area (Å²) in [5, 5.41) is 9.39. The summed E-state index contributed by atoms with van der Waals surface area (Å²) < 4.78 is 6.17. The second-order valence-corrected chi connectivity index (χ2v) is 3.89. The monoisotopic (exact) mass is 204 g/mol. The summed E-state index contributed by atoms with van der Waals surface area (Å²) in [6.45, 7) is 0. The molecule has 4 heteroatoms. The lowest BCUT2D eigenvalue weighted by atomic mass is 10.3. The van der Waals surface area contributed by atoms with Crippen molar-refractivity contribution in [2.45, 2.75) is 6.42 Å². The first kappa shape index (κ1) is 8.97. The highest BCUT2D eigenvalue weighted by Crippen LogP contribution is 2.26. The number of hydrogen-bond acceptors (Lipinski definition) is 4. The Morgan fingerprint density at radius 2 is 2.43 bits per heavy atom. The summed E-state index contributed by atoms with van der Waals surface area (Å²) in [5.74, 6) is 0.824. The molecule has 0 aliphatic rings. The predicted molar refractivity (Wildman–Crippen MR) is 55.5 cm³/mol. The van der Waals surface area contributed by atoms with E-state index in [1.54, 1.807) is 7.11 Å². The first-order valence-corrected chi connectivity index (χ1v) is 4.95. The van der Waals surface area contributed by atoms with Crippen LogP contribution in [0.15, 0.2) is 18.2 Å². The van der Waals surface area contributed by atoms with Crippen molar-refractivity contribution in [1.29, 1.82) is 5.26 Å². The van der Waals surface area contributed by atoms with E-state index in [4.69, 9.17) is 10.00 Å². The Morgan fingerprint density at radius 1 is 1.57 bits per heavy atom. The largest absolute Gasteiger partial charge is 0.497 e. The van der Waals surface area contributed by atoms with E-state index >= 15 is 0 Å². The molecular formula is C10H8N2OS. The molecule has 0 saturated carbocycles. The Labute approximate surface area is 85.6 Å². The minimum atomic E-state index is 0.377. The van der Waals surface area contributed by atoms with Crippen molar-refractivity contribution in [1.82, 2.24) is 4.98 Å². The van der Waals surface area contributed by atoms with Gasteiger partial charge >= 0.3 is 0 Å². The van der Waals surface area contributed by atoms with E-state index < -0.39 is 0 Å². The smallest absolute Gasteiger partial charge is 0.120 e. The van der Waals surface area contributed by atoms with Crippen molar-refractivity contribution in [3.8, 4) is 11.8 Å². The van der Waals surface area contributed by atoms with Gasteiger partial charge in [0.15, 0.2) is 0 Å². The first-order chi connectivity index (χ1) is 6.83. The van der Waals surface area contributed by atoms with Gasteiger partial charge in [0.05, 0.1) is 29.8 Å². The normalized spacial score (nSPS) is 10.0. The first-order valence-electron chi connectivity index (χ1n) is 4.14. The van der Waals surface area contributed by atoms with Gasteiger partial charge < -0.3 is 4.74 Å². The topological polar surface area (TPSA) is 45.9 Å². The van der Waals surface area contributed by atoms with Gasteiger partial charge in [0.2, 0.25) is 0 Å². The van der Waals surface area contributed by atoms with Crippen LogP contribution in [0.1, 0.15) is 5.01 Å². The Balaban J connectivity index is 2.50. The molecular weight excluding hydrogens is 196 g/mol. The summed E-state index contributed by atoms with van der Waals surface area (Å²) in [7, 11) is 1.64. The maximum absolute atomic E-state index is 8.54. The number of hydrogen-bond donors (Lipinski definition) is 0. The highest BCUT2D eigenvalue weighted by atomic mass is 32.1. The number of fused-ring (bicyclic) bond motifs is 1. The van der Waals surface area contributed by atoms with Crippen LogP contribution >= 0.6 is 11.3 Å². The van der Waals surface area contributed by atoms with Gasteiger partial charge in [0.1, 0.15) is 10.8 Å². The third-order valence-electron chi connectivity index (χ3n) is 1.87. The van der Waals surface area contributed by atoms with Gasteiger partial charge in [-0.25, -0.2) is 4.98 Å². The van der Waals surface area contributed by atoms with Crippen LogP contribution in [-0.4, -0.2) is 12.1 Å².